The standard InChI is InChI=1S/C5H7N3/c1-3-6-5-8-7-4-2/h3-5H,1-2H2. The van der Waals surface area contributed by atoms with Gasteiger partial charge in [-0.25, -0.2) is 4.99 Å². The molecule has 0 spiro atoms. The molecule has 0 saturated heterocycles. The van der Waals surface area contributed by atoms with Gasteiger partial charge >= 0.3 is 0 Å². The van der Waals surface area contributed by atoms with Gasteiger partial charge in [-0.3, -0.25) is 0 Å². The molecule has 8 heavy (non-hydrogen) atoms. The highest BCUT2D eigenvalue weighted by Crippen LogP contribution is 1.70. The van der Waals surface area contributed by atoms with Crippen LogP contribution in [0.5, 0.6) is 0 Å². The van der Waals surface area contributed by atoms with Crippen molar-refractivity contribution >= 4 is 6.34 Å². The molecule has 0 heterocycles. The van der Waals surface area contributed by atoms with Crippen molar-refractivity contribution in [1.29, 1.82) is 0 Å². The number of nitrogens with zero attached hydrogens (tertiary/aromatic N) is 3. The molecule has 0 aromatic heterocycles. The van der Waals surface area contributed by atoms with Crippen molar-refractivity contribution in [2.75, 3.05) is 0 Å². The van der Waals surface area contributed by atoms with E-state index in [9.17, 15) is 0 Å². The Hall–Kier alpha value is -1.25. The zero-order valence-electron chi connectivity index (χ0n) is 4.49. The van der Waals surface area contributed by atoms with E-state index in [1.807, 2.05) is 0 Å². The van der Waals surface area contributed by atoms with Crippen LogP contribution < -0.4 is 0 Å². The highest BCUT2D eigenvalue weighted by Gasteiger charge is 1.55. The highest BCUT2D eigenvalue weighted by molar-refractivity contribution is 5.55. The summed E-state index contributed by atoms with van der Waals surface area (Å²) in [6.07, 6.45) is 3.99. The van der Waals surface area contributed by atoms with E-state index in [-0.39, 0.29) is 0 Å². The van der Waals surface area contributed by atoms with E-state index in [0.717, 1.165) is 0 Å². The zero-order chi connectivity index (χ0) is 6.24. The summed E-state index contributed by atoms with van der Waals surface area (Å²) >= 11 is 0. The molecule has 0 aromatic carbocycles. The van der Waals surface area contributed by atoms with Gasteiger partial charge in [-0.2, -0.15) is 5.11 Å². The van der Waals surface area contributed by atoms with Crippen LogP contribution in [-0.2, 0) is 0 Å². The van der Waals surface area contributed by atoms with Gasteiger partial charge in [-0.05, 0) is 0 Å². The van der Waals surface area contributed by atoms with E-state index in [0.29, 0.717) is 0 Å². The van der Waals surface area contributed by atoms with E-state index >= 15 is 0 Å². The second-order valence-electron chi connectivity index (χ2n) is 0.861. The second kappa shape index (κ2) is 5.75. The molecule has 0 fully saturated rings. The molecule has 0 aromatic rings. The van der Waals surface area contributed by atoms with Crippen LogP contribution in [0.25, 0.3) is 0 Å². The maximum atomic E-state index is 3.54. The average molecular weight is 109 g/mol. The van der Waals surface area contributed by atoms with Crippen LogP contribution in [-0.4, -0.2) is 6.34 Å². The first-order valence-electron chi connectivity index (χ1n) is 2.05. The molecule has 0 N–H and O–H groups in total. The van der Waals surface area contributed by atoms with Crippen molar-refractivity contribution in [2.45, 2.75) is 0 Å². The molecule has 0 saturated carbocycles. The summed E-state index contributed by atoms with van der Waals surface area (Å²) in [5, 5.41) is 6.82. The zero-order valence-corrected chi connectivity index (χ0v) is 4.49. The fraction of sp³-hybridized carbons (Fsp3) is 0. The Bertz CT molecular complexity index is 108. The molecular weight excluding hydrogens is 102 g/mol. The minimum Gasteiger partial charge on any atom is -0.244 e. The number of rotatable bonds is 3. The van der Waals surface area contributed by atoms with Crippen molar-refractivity contribution in [3.63, 3.8) is 0 Å². The summed E-state index contributed by atoms with van der Waals surface area (Å²) in [5.41, 5.74) is 0. The Morgan fingerprint density at radius 3 is 2.25 bits per heavy atom. The van der Waals surface area contributed by atoms with Crippen LogP contribution in [0.2, 0.25) is 0 Å². The summed E-state index contributed by atoms with van der Waals surface area (Å²) in [4.78, 5) is 3.54. The minimum absolute atomic E-state index is 1.29. The van der Waals surface area contributed by atoms with Crippen LogP contribution in [0.3, 0.4) is 0 Å². The molecule has 0 bridgehead atoms. The summed E-state index contributed by atoms with van der Waals surface area (Å²) in [5.74, 6) is 0. The topological polar surface area (TPSA) is 37.1 Å². The van der Waals surface area contributed by atoms with Gasteiger partial charge in [-0.1, -0.05) is 13.2 Å². The highest BCUT2D eigenvalue weighted by atomic mass is 15.1. The second-order valence-corrected chi connectivity index (χ2v) is 0.861. The van der Waals surface area contributed by atoms with Gasteiger partial charge < -0.3 is 0 Å². The van der Waals surface area contributed by atoms with Gasteiger partial charge in [0.2, 0.25) is 0 Å². The van der Waals surface area contributed by atoms with Crippen LogP contribution in [0.15, 0.2) is 40.8 Å². The Morgan fingerprint density at radius 2 is 1.75 bits per heavy atom. The van der Waals surface area contributed by atoms with Crippen LogP contribution in [0.1, 0.15) is 0 Å². The third-order valence-electron chi connectivity index (χ3n) is 0.372. The van der Waals surface area contributed by atoms with Gasteiger partial charge in [0, 0.05) is 12.4 Å². The van der Waals surface area contributed by atoms with Crippen molar-refractivity contribution in [3.05, 3.63) is 25.6 Å². The third-order valence-corrected chi connectivity index (χ3v) is 0.372. The molecule has 0 radical (unpaired) electrons. The summed E-state index contributed by atoms with van der Waals surface area (Å²) < 4.78 is 0. The van der Waals surface area contributed by atoms with Crippen molar-refractivity contribution in [1.82, 2.24) is 0 Å². The van der Waals surface area contributed by atoms with Gasteiger partial charge in [0.25, 0.3) is 0 Å². The van der Waals surface area contributed by atoms with Crippen molar-refractivity contribution < 1.29 is 0 Å². The third kappa shape index (κ3) is 4.75. The Morgan fingerprint density at radius 1 is 1.00 bits per heavy atom. The van der Waals surface area contributed by atoms with E-state index < -0.39 is 0 Å². The predicted octanol–water partition coefficient (Wildman–Crippen LogP) is 1.75. The fourth-order valence-corrected chi connectivity index (χ4v) is 0.154. The average Bonchev–Trinajstić information content (AvgIpc) is 1.81. The lowest BCUT2D eigenvalue weighted by Gasteiger charge is -1.67. The van der Waals surface area contributed by atoms with Gasteiger partial charge in [0.1, 0.15) is 6.34 Å². The first kappa shape index (κ1) is 6.75. The minimum atomic E-state index is 1.29. The molecule has 3 nitrogen and oxygen atoms in total. The smallest absolute Gasteiger partial charge is 0.137 e. The molecule has 0 amide bonds. The quantitative estimate of drug-likeness (QED) is 0.301. The monoisotopic (exact) mass is 109 g/mol. The molecule has 0 atom stereocenters. The molecule has 0 aliphatic carbocycles. The Balaban J connectivity index is 3.41. The lowest BCUT2D eigenvalue weighted by atomic mass is 11.0. The maximum absolute atomic E-state index is 3.54. The lowest BCUT2D eigenvalue weighted by Crippen LogP contribution is -1.56. The first-order valence-corrected chi connectivity index (χ1v) is 2.05. The van der Waals surface area contributed by atoms with Gasteiger partial charge in [-0.15, -0.1) is 5.11 Å². The fourth-order valence-electron chi connectivity index (χ4n) is 0.154. The number of hydrogen-bond acceptors (Lipinski definition) is 2. The van der Waals surface area contributed by atoms with Crippen LogP contribution >= 0.6 is 0 Å². The van der Waals surface area contributed by atoms with E-state index in [1.54, 1.807) is 0 Å². The largest absolute Gasteiger partial charge is 0.244 e. The normalized spacial score (nSPS) is 10.5. The molecular formula is C5H7N3. The lowest BCUT2D eigenvalue weighted by molar-refractivity contribution is 1.30. The molecule has 0 aliphatic heterocycles. The van der Waals surface area contributed by atoms with Gasteiger partial charge in [0.15, 0.2) is 0 Å². The summed E-state index contributed by atoms with van der Waals surface area (Å²) in [7, 11) is 0. The van der Waals surface area contributed by atoms with Crippen molar-refractivity contribution in [3.8, 4) is 0 Å². The number of aliphatic imine (C=N–C) groups is 1. The first-order chi connectivity index (χ1) is 3.91. The van der Waals surface area contributed by atoms with Gasteiger partial charge in [0.05, 0.1) is 0 Å². The summed E-state index contributed by atoms with van der Waals surface area (Å²) in [6, 6.07) is 0. The molecule has 3 heteroatoms. The molecule has 0 rings (SSSR count). The number of azo groups is 1. The van der Waals surface area contributed by atoms with E-state index in [2.05, 4.69) is 28.4 Å². The SMILES string of the molecule is C=CN=CN=NC=C. The Kier molecular flexibility index (Phi) is 4.85. The molecule has 42 valence electrons. The number of hydrogen-bond donors (Lipinski definition) is 0. The van der Waals surface area contributed by atoms with Crippen LogP contribution in [0.4, 0.5) is 0 Å². The maximum Gasteiger partial charge on any atom is 0.137 e. The summed E-state index contributed by atoms with van der Waals surface area (Å²) in [6.45, 7) is 6.64. The van der Waals surface area contributed by atoms with Crippen LogP contribution in [0, 0.1) is 0 Å². The van der Waals surface area contributed by atoms with Crippen molar-refractivity contribution in [2.24, 2.45) is 15.2 Å². The van der Waals surface area contributed by atoms with E-state index in [4.69, 9.17) is 0 Å². The van der Waals surface area contributed by atoms with E-state index in [1.165, 1.54) is 18.7 Å². The molecule has 0 aliphatic rings. The Labute approximate surface area is 48.2 Å². The molecule has 0 unspecified atom stereocenters. The predicted molar refractivity (Wildman–Crippen MR) is 33.7 cm³/mol.